The van der Waals surface area contributed by atoms with Crippen LogP contribution < -0.4 is 0 Å². The Kier molecular flexibility index (Phi) is 3.89. The van der Waals surface area contributed by atoms with Crippen molar-refractivity contribution in [3.63, 3.8) is 0 Å². The third kappa shape index (κ3) is 3.02. The summed E-state index contributed by atoms with van der Waals surface area (Å²) in [5, 5.41) is 3.09. The molecule has 0 aliphatic carbocycles. The first kappa shape index (κ1) is 14.5. The molecule has 3 heterocycles. The molecular weight excluding hydrogens is 308 g/mol. The Bertz CT molecular complexity index is 768. The van der Waals surface area contributed by atoms with Crippen molar-refractivity contribution < 1.29 is 9.21 Å². The van der Waals surface area contributed by atoms with Gasteiger partial charge in [-0.1, -0.05) is 24.3 Å². The Morgan fingerprint density at radius 1 is 1.09 bits per heavy atom. The molecule has 1 aliphatic rings. The molecule has 0 unspecified atom stereocenters. The number of piperazine rings is 1. The lowest BCUT2D eigenvalue weighted by Gasteiger charge is -2.34. The van der Waals surface area contributed by atoms with Crippen molar-refractivity contribution in [2.24, 2.45) is 0 Å². The van der Waals surface area contributed by atoms with E-state index in [1.54, 1.807) is 11.3 Å². The number of hydrogen-bond acceptors (Lipinski definition) is 4. The van der Waals surface area contributed by atoms with Crippen molar-refractivity contribution >= 4 is 28.2 Å². The number of benzene rings is 1. The van der Waals surface area contributed by atoms with Gasteiger partial charge in [0.2, 0.25) is 0 Å². The second kappa shape index (κ2) is 6.18. The number of rotatable bonds is 3. The van der Waals surface area contributed by atoms with Crippen molar-refractivity contribution in [2.45, 2.75) is 6.54 Å². The number of nitrogens with zero attached hydrogens (tertiary/aromatic N) is 2. The van der Waals surface area contributed by atoms with Crippen LogP contribution in [0.4, 0.5) is 0 Å². The zero-order valence-corrected chi connectivity index (χ0v) is 13.6. The Morgan fingerprint density at radius 2 is 1.91 bits per heavy atom. The summed E-state index contributed by atoms with van der Waals surface area (Å²) < 4.78 is 5.69. The van der Waals surface area contributed by atoms with Crippen molar-refractivity contribution in [1.82, 2.24) is 9.80 Å². The molecule has 0 spiro atoms. The summed E-state index contributed by atoms with van der Waals surface area (Å²) in [7, 11) is 0. The standard InChI is InChI=1S/C18H18N2O2S/c21-18(17-12-14-4-1-2-6-16(14)22-17)20-9-7-19(8-10-20)13-15-5-3-11-23-15/h1-6,11-12H,7-10,13H2. The first-order valence-electron chi connectivity index (χ1n) is 7.82. The summed E-state index contributed by atoms with van der Waals surface area (Å²) >= 11 is 1.79. The van der Waals surface area contributed by atoms with Gasteiger partial charge in [0, 0.05) is 43.0 Å². The molecule has 5 heteroatoms. The smallest absolute Gasteiger partial charge is 0.289 e. The van der Waals surface area contributed by atoms with Crippen LogP contribution >= 0.6 is 11.3 Å². The van der Waals surface area contributed by atoms with E-state index in [4.69, 9.17) is 4.42 Å². The minimum absolute atomic E-state index is 0.00280. The molecular formula is C18H18N2O2S. The second-order valence-corrected chi connectivity index (χ2v) is 6.83. The van der Waals surface area contributed by atoms with Crippen LogP contribution in [-0.4, -0.2) is 41.9 Å². The number of hydrogen-bond donors (Lipinski definition) is 0. The maximum Gasteiger partial charge on any atom is 0.289 e. The van der Waals surface area contributed by atoms with E-state index < -0.39 is 0 Å². The molecule has 4 rings (SSSR count). The third-order valence-corrected chi connectivity index (χ3v) is 5.12. The lowest BCUT2D eigenvalue weighted by Crippen LogP contribution is -2.48. The average Bonchev–Trinajstić information content (AvgIpc) is 3.24. The maximum atomic E-state index is 12.6. The van der Waals surface area contributed by atoms with Gasteiger partial charge in [0.05, 0.1) is 0 Å². The van der Waals surface area contributed by atoms with Gasteiger partial charge in [-0.2, -0.15) is 0 Å². The molecule has 1 aromatic carbocycles. The van der Waals surface area contributed by atoms with Gasteiger partial charge < -0.3 is 9.32 Å². The molecule has 4 nitrogen and oxygen atoms in total. The summed E-state index contributed by atoms with van der Waals surface area (Å²) in [6.45, 7) is 4.29. The second-order valence-electron chi connectivity index (χ2n) is 5.80. The number of fused-ring (bicyclic) bond motifs is 1. The number of para-hydroxylation sites is 1. The van der Waals surface area contributed by atoms with E-state index in [0.717, 1.165) is 43.7 Å². The molecule has 1 saturated heterocycles. The first-order chi connectivity index (χ1) is 11.3. The van der Waals surface area contributed by atoms with Crippen molar-refractivity contribution in [2.75, 3.05) is 26.2 Å². The summed E-state index contributed by atoms with van der Waals surface area (Å²) in [6, 6.07) is 13.8. The Balaban J connectivity index is 1.40. The SMILES string of the molecule is O=C(c1cc2ccccc2o1)N1CCN(Cc2cccs2)CC1. The van der Waals surface area contributed by atoms with Gasteiger partial charge in [-0.3, -0.25) is 9.69 Å². The molecule has 0 saturated carbocycles. The molecule has 0 N–H and O–H groups in total. The van der Waals surface area contributed by atoms with Crippen LogP contribution in [0.15, 0.2) is 52.3 Å². The summed E-state index contributed by atoms with van der Waals surface area (Å²) in [6.07, 6.45) is 0. The Morgan fingerprint density at radius 3 is 2.65 bits per heavy atom. The van der Waals surface area contributed by atoms with Crippen LogP contribution in [0.2, 0.25) is 0 Å². The third-order valence-electron chi connectivity index (χ3n) is 4.26. The largest absolute Gasteiger partial charge is 0.451 e. The molecule has 0 bridgehead atoms. The van der Waals surface area contributed by atoms with E-state index in [1.807, 2.05) is 35.2 Å². The minimum Gasteiger partial charge on any atom is -0.451 e. The summed E-state index contributed by atoms with van der Waals surface area (Å²) in [5.41, 5.74) is 0.771. The predicted molar refractivity (Wildman–Crippen MR) is 91.7 cm³/mol. The Hall–Kier alpha value is -2.11. The fraction of sp³-hybridized carbons (Fsp3) is 0.278. The van der Waals surface area contributed by atoms with E-state index in [-0.39, 0.29) is 5.91 Å². The molecule has 1 aliphatic heterocycles. The Labute approximate surface area is 138 Å². The van der Waals surface area contributed by atoms with Crippen LogP contribution in [0.1, 0.15) is 15.4 Å². The first-order valence-corrected chi connectivity index (χ1v) is 8.70. The number of thiophene rings is 1. The molecule has 1 amide bonds. The number of furan rings is 1. The van der Waals surface area contributed by atoms with Crippen molar-refractivity contribution in [3.8, 4) is 0 Å². The van der Waals surface area contributed by atoms with Crippen LogP contribution in [0, 0.1) is 0 Å². The van der Waals surface area contributed by atoms with Crippen LogP contribution in [0.3, 0.4) is 0 Å². The minimum atomic E-state index is -0.00280. The highest BCUT2D eigenvalue weighted by Gasteiger charge is 2.24. The fourth-order valence-corrected chi connectivity index (χ4v) is 3.72. The summed E-state index contributed by atoms with van der Waals surface area (Å²) in [5.74, 6) is 0.440. The van der Waals surface area contributed by atoms with Gasteiger partial charge in [-0.15, -0.1) is 11.3 Å². The highest BCUT2D eigenvalue weighted by atomic mass is 32.1. The van der Waals surface area contributed by atoms with Crippen LogP contribution in [-0.2, 0) is 6.54 Å². The number of carbonyl (C=O) groups excluding carboxylic acids is 1. The van der Waals surface area contributed by atoms with Gasteiger partial charge in [0.1, 0.15) is 5.58 Å². The number of amides is 1. The van der Waals surface area contributed by atoms with Crippen LogP contribution in [0.25, 0.3) is 11.0 Å². The van der Waals surface area contributed by atoms with Gasteiger partial charge in [0.15, 0.2) is 5.76 Å². The van der Waals surface area contributed by atoms with Gasteiger partial charge in [-0.05, 0) is 23.6 Å². The maximum absolute atomic E-state index is 12.6. The quantitative estimate of drug-likeness (QED) is 0.740. The van der Waals surface area contributed by atoms with Gasteiger partial charge in [-0.25, -0.2) is 0 Å². The monoisotopic (exact) mass is 326 g/mol. The molecule has 0 radical (unpaired) electrons. The molecule has 118 valence electrons. The van der Waals surface area contributed by atoms with E-state index in [1.165, 1.54) is 4.88 Å². The normalized spacial score (nSPS) is 16.1. The van der Waals surface area contributed by atoms with Crippen molar-refractivity contribution in [1.29, 1.82) is 0 Å². The van der Waals surface area contributed by atoms with E-state index in [2.05, 4.69) is 22.4 Å². The number of carbonyl (C=O) groups is 1. The topological polar surface area (TPSA) is 36.7 Å². The van der Waals surface area contributed by atoms with Gasteiger partial charge >= 0.3 is 0 Å². The molecule has 1 fully saturated rings. The summed E-state index contributed by atoms with van der Waals surface area (Å²) in [4.78, 5) is 18.3. The molecule has 2 aromatic heterocycles. The predicted octanol–water partition coefficient (Wildman–Crippen LogP) is 3.45. The average molecular weight is 326 g/mol. The molecule has 23 heavy (non-hydrogen) atoms. The molecule has 0 atom stereocenters. The van der Waals surface area contributed by atoms with Crippen LogP contribution in [0.5, 0.6) is 0 Å². The fourth-order valence-electron chi connectivity index (χ4n) is 2.98. The van der Waals surface area contributed by atoms with E-state index in [9.17, 15) is 4.79 Å². The van der Waals surface area contributed by atoms with E-state index in [0.29, 0.717) is 5.76 Å². The van der Waals surface area contributed by atoms with Crippen molar-refractivity contribution in [3.05, 3.63) is 58.5 Å². The zero-order chi connectivity index (χ0) is 15.6. The molecule has 3 aromatic rings. The highest BCUT2D eigenvalue weighted by Crippen LogP contribution is 2.21. The lowest BCUT2D eigenvalue weighted by molar-refractivity contribution is 0.0601. The van der Waals surface area contributed by atoms with Gasteiger partial charge in [0.25, 0.3) is 5.91 Å². The lowest BCUT2D eigenvalue weighted by atomic mass is 10.2. The highest BCUT2D eigenvalue weighted by molar-refractivity contribution is 7.09. The van der Waals surface area contributed by atoms with E-state index >= 15 is 0 Å². The zero-order valence-electron chi connectivity index (χ0n) is 12.8.